The molecule has 13 heteroatoms. The predicted molar refractivity (Wildman–Crippen MR) is 539 cm³/mol. The number of fused-ring (bicyclic) bond motifs is 9. The molecule has 0 amide bonds. The van der Waals surface area contributed by atoms with E-state index in [1.165, 1.54) is 61.8 Å². The zero-order chi connectivity index (χ0) is 93.7. The van der Waals surface area contributed by atoms with Gasteiger partial charge in [0, 0.05) is 93.7 Å². The van der Waals surface area contributed by atoms with Crippen molar-refractivity contribution in [2.45, 2.75) is 201 Å². The molecule has 0 aliphatic carbocycles. The number of furan rings is 3. The molecule has 0 unspecified atom stereocenters. The van der Waals surface area contributed by atoms with Gasteiger partial charge in [0.1, 0.15) is 73.4 Å². The van der Waals surface area contributed by atoms with Crippen LogP contribution in [0.3, 0.4) is 0 Å². The summed E-state index contributed by atoms with van der Waals surface area (Å²) in [7, 11) is 10.3. The standard InChI is InChI=1S/3C18H15N2O.2C17H17N2.12C2H6/c1-12-8-9-13-17-15(7-5-10-19-17)21-18(13)16(12)14-6-3-4-11-20(14)2;1-12-6-7-14-13-8-9-19-11-16(13)21-18(14)17(12)15-5-3-4-10-20(15)2;1-12-6-7-13-14-11-19-9-8-16(14)21-18(13)17(12)15-5-3-4-10-20(15)2;1-14-8-6-7-11-16(14)17-12-19(13-18(17)2)15-9-4-3-5-10-15;1-14-8-6-7-11-16(14)17-18(2)12-13-19(17)15-9-4-3-5-10-15;12*1-2/h3*3-11H,1-2H3;2*3-13H,1-2H3;12*1-2H3/q5*+1;;;;;;;;;;;;. The smallest absolute Gasteiger partial charge is 0.294 e. The third-order valence-corrected chi connectivity index (χ3v) is 18.7. The van der Waals surface area contributed by atoms with Crippen LogP contribution in [0.25, 0.3) is 134 Å². The topological polar surface area (TPSA) is 107 Å². The van der Waals surface area contributed by atoms with E-state index in [2.05, 4.69) is 330 Å². The van der Waals surface area contributed by atoms with E-state index < -0.39 is 0 Å². The maximum Gasteiger partial charge on any atom is 0.294 e. The van der Waals surface area contributed by atoms with Crippen molar-refractivity contribution >= 4 is 65.9 Å². The molecular formula is C112H151N10O3+5. The van der Waals surface area contributed by atoms with Crippen LogP contribution in [0.1, 0.15) is 194 Å². The second-order valence-corrected chi connectivity index (χ2v) is 25.4. The Morgan fingerprint density at radius 1 is 0.272 bits per heavy atom. The van der Waals surface area contributed by atoms with Crippen molar-refractivity contribution in [2.75, 3.05) is 0 Å². The molecule has 0 spiro atoms. The second kappa shape index (κ2) is 59.9. The van der Waals surface area contributed by atoms with Crippen molar-refractivity contribution in [1.29, 1.82) is 0 Å². The normalized spacial score (nSPS) is 9.52. The zero-order valence-corrected chi connectivity index (χ0v) is 82.5. The van der Waals surface area contributed by atoms with Crippen LogP contribution in [-0.2, 0) is 35.2 Å². The number of hydrogen-bond acceptors (Lipinski definition) is 6. The molecule has 0 atom stereocenters. The van der Waals surface area contributed by atoms with Gasteiger partial charge < -0.3 is 13.3 Å². The van der Waals surface area contributed by atoms with Crippen LogP contribution in [0.5, 0.6) is 0 Å². The third kappa shape index (κ3) is 27.6. The van der Waals surface area contributed by atoms with Gasteiger partial charge in [-0.25, -0.2) is 27.4 Å². The summed E-state index contributed by atoms with van der Waals surface area (Å²) in [5, 5.41) is 5.49. The molecule has 11 aromatic heterocycles. The Kier molecular flexibility index (Phi) is 51.9. The minimum absolute atomic E-state index is 0.831. The summed E-state index contributed by atoms with van der Waals surface area (Å²) >= 11 is 0. The number of pyridine rings is 6. The first-order chi connectivity index (χ1) is 61.3. The van der Waals surface area contributed by atoms with E-state index in [-0.39, 0.29) is 0 Å². The number of para-hydroxylation sites is 2. The minimum atomic E-state index is 0.831. The largest absolute Gasteiger partial charge is 0.455 e. The molecule has 0 fully saturated rings. The van der Waals surface area contributed by atoms with E-state index in [0.717, 1.165) is 99.7 Å². The van der Waals surface area contributed by atoms with Gasteiger partial charge in [-0.05, 0) is 141 Å². The number of benzene rings is 7. The second-order valence-electron chi connectivity index (χ2n) is 25.4. The predicted octanol–water partition coefficient (Wildman–Crippen LogP) is 30.2. The van der Waals surface area contributed by atoms with Gasteiger partial charge in [-0.1, -0.05) is 275 Å². The first kappa shape index (κ1) is 108. The molecule has 0 bridgehead atoms. The lowest BCUT2D eigenvalue weighted by Crippen LogP contribution is -2.30. The highest BCUT2D eigenvalue weighted by Crippen LogP contribution is 2.39. The molecule has 0 radical (unpaired) electrons. The van der Waals surface area contributed by atoms with Crippen LogP contribution < -0.4 is 22.8 Å². The molecule has 0 aliphatic heterocycles. The average Bonchev–Trinajstić information content (AvgIpc) is 1.62. The molecule has 11 heterocycles. The Balaban J connectivity index is 0.000000498. The van der Waals surface area contributed by atoms with Crippen LogP contribution in [-0.4, -0.2) is 24.1 Å². The van der Waals surface area contributed by atoms with Crippen molar-refractivity contribution in [3.8, 4) is 67.8 Å². The lowest BCUT2D eigenvalue weighted by Gasteiger charge is -2.05. The van der Waals surface area contributed by atoms with Gasteiger partial charge in [-0.2, -0.15) is 4.57 Å². The Bertz CT molecular complexity index is 5620. The van der Waals surface area contributed by atoms with E-state index in [1.54, 1.807) is 24.8 Å². The lowest BCUT2D eigenvalue weighted by molar-refractivity contribution is -0.660. The molecule has 0 aliphatic rings. The molecule has 0 saturated carbocycles. The summed E-state index contributed by atoms with van der Waals surface area (Å²) in [5.74, 6) is 1.20. The van der Waals surface area contributed by atoms with Crippen molar-refractivity contribution < 1.29 is 36.1 Å². The quantitative estimate of drug-likeness (QED) is 0.147. The highest BCUT2D eigenvalue weighted by atomic mass is 16.3. The molecule has 18 aromatic rings. The number of aromatic nitrogens is 10. The number of nitrogens with zero attached hydrogens (tertiary/aromatic N) is 10. The Hall–Kier alpha value is -12.7. The summed E-state index contributed by atoms with van der Waals surface area (Å²) in [6, 6.07) is 76.9. The fourth-order valence-corrected chi connectivity index (χ4v) is 13.4. The first-order valence-corrected chi connectivity index (χ1v) is 45.8. The van der Waals surface area contributed by atoms with Crippen LogP contribution in [0.4, 0.5) is 0 Å². The van der Waals surface area contributed by atoms with Crippen molar-refractivity contribution in [2.24, 2.45) is 35.2 Å². The van der Waals surface area contributed by atoms with E-state index in [4.69, 9.17) is 13.3 Å². The SMILES string of the molecule is CC.CC.CC.CC.CC.CC.CC.CC.CC.CC.CC.CC.Cc1ccc2c(oc3cccnc32)c1-c1cccc[n+]1C.Cc1ccc2c(oc3ccncc32)c1-c1cccc[n+]1C.Cc1ccc2c(oc3cnccc32)c1-c1cccc[n+]1C.Cc1ccccc1-c1cn(-c2ccccc2)c[n+]1C.Cc1ccccc1-c1n(-c2ccccc2)cc[n+]1C. The molecular weight excluding hydrogens is 1530 g/mol. The van der Waals surface area contributed by atoms with Gasteiger partial charge in [-0.3, -0.25) is 15.0 Å². The molecule has 662 valence electrons. The average molecular weight is 1690 g/mol. The summed E-state index contributed by atoms with van der Waals surface area (Å²) in [5.41, 5.74) is 25.4. The van der Waals surface area contributed by atoms with Crippen LogP contribution >= 0.6 is 0 Å². The summed E-state index contributed by atoms with van der Waals surface area (Å²) in [4.78, 5) is 12.8. The van der Waals surface area contributed by atoms with Gasteiger partial charge in [0.05, 0.1) is 42.5 Å². The van der Waals surface area contributed by atoms with Gasteiger partial charge in [0.2, 0.25) is 23.4 Å². The molecule has 13 nitrogen and oxygen atoms in total. The number of rotatable bonds is 7. The van der Waals surface area contributed by atoms with Gasteiger partial charge in [0.15, 0.2) is 41.0 Å². The van der Waals surface area contributed by atoms with E-state index in [9.17, 15) is 0 Å². The van der Waals surface area contributed by atoms with E-state index >= 15 is 0 Å². The molecule has 125 heavy (non-hydrogen) atoms. The number of aryl methyl sites for hydroxylation is 10. The summed E-state index contributed by atoms with van der Waals surface area (Å²) in [6.45, 7) is 58.6. The Morgan fingerprint density at radius 3 is 1.14 bits per heavy atom. The van der Waals surface area contributed by atoms with Crippen LogP contribution in [0, 0.1) is 34.6 Å². The fourth-order valence-electron chi connectivity index (χ4n) is 13.4. The van der Waals surface area contributed by atoms with Crippen molar-refractivity contribution in [3.05, 3.63) is 327 Å². The number of imidazole rings is 2. The van der Waals surface area contributed by atoms with Gasteiger partial charge in [-0.15, -0.1) is 0 Å². The third-order valence-electron chi connectivity index (χ3n) is 18.7. The fraction of sp³-hybridized carbons (Fsp3) is 0.304. The monoisotopic (exact) mass is 1680 g/mol. The van der Waals surface area contributed by atoms with Crippen LogP contribution in [0.15, 0.2) is 312 Å². The van der Waals surface area contributed by atoms with Gasteiger partial charge >= 0.3 is 0 Å². The highest BCUT2D eigenvalue weighted by molar-refractivity contribution is 6.11. The summed E-state index contributed by atoms with van der Waals surface area (Å²) in [6.07, 6.45) is 23.7. The Labute approximate surface area is 752 Å². The molecule has 7 aromatic carbocycles. The minimum Gasteiger partial charge on any atom is -0.455 e. The van der Waals surface area contributed by atoms with Crippen molar-refractivity contribution in [3.63, 3.8) is 0 Å². The van der Waals surface area contributed by atoms with Crippen LogP contribution in [0.2, 0.25) is 0 Å². The number of hydrogen-bond donors (Lipinski definition) is 0. The van der Waals surface area contributed by atoms with E-state index in [1.807, 2.05) is 227 Å². The molecule has 18 rings (SSSR count). The molecule has 0 N–H and O–H groups in total. The Morgan fingerprint density at radius 2 is 0.664 bits per heavy atom. The van der Waals surface area contributed by atoms with Crippen molar-refractivity contribution in [1.82, 2.24) is 24.1 Å². The van der Waals surface area contributed by atoms with E-state index in [0.29, 0.717) is 0 Å². The molecule has 0 saturated heterocycles. The zero-order valence-electron chi connectivity index (χ0n) is 82.5. The first-order valence-electron chi connectivity index (χ1n) is 45.8. The highest BCUT2D eigenvalue weighted by Gasteiger charge is 2.25. The maximum atomic E-state index is 6.12. The maximum absolute atomic E-state index is 6.12. The van der Waals surface area contributed by atoms with Gasteiger partial charge in [0.25, 0.3) is 5.82 Å². The summed E-state index contributed by atoms with van der Waals surface area (Å²) < 4.78 is 33.4. The lowest BCUT2D eigenvalue weighted by atomic mass is 10.0.